The van der Waals surface area contributed by atoms with Crippen molar-refractivity contribution in [1.29, 1.82) is 5.16 Å². The Bertz CT molecular complexity index is 1740. The van der Waals surface area contributed by atoms with Crippen molar-refractivity contribution in [2.24, 2.45) is 9.26 Å². The quantitative estimate of drug-likeness (QED) is 0.113. The van der Waals surface area contributed by atoms with E-state index in [-0.39, 0.29) is 6.16 Å². The first kappa shape index (κ1) is 33.1. The first-order valence-corrected chi connectivity index (χ1v) is 19.6. The molecule has 0 saturated heterocycles. The number of hydrogen-bond donors (Lipinski definition) is 2. The molecule has 0 amide bonds. The fourth-order valence-electron chi connectivity index (χ4n) is 4.14. The highest BCUT2D eigenvalue weighted by atomic mass is 31.2. The van der Waals surface area contributed by atoms with E-state index >= 15 is 0 Å². The minimum absolute atomic E-state index is 0.281. The smallest absolute Gasteiger partial charge is 0.392 e. The van der Waals surface area contributed by atoms with Gasteiger partial charge in [0.2, 0.25) is 0 Å². The van der Waals surface area contributed by atoms with E-state index in [1.165, 1.54) is 0 Å². The Labute approximate surface area is 270 Å². The third-order valence-electron chi connectivity index (χ3n) is 6.38. The lowest BCUT2D eigenvalue weighted by atomic mass is 10.3. The van der Waals surface area contributed by atoms with Crippen LogP contribution in [0.15, 0.2) is 161 Å². The van der Waals surface area contributed by atoms with Gasteiger partial charge in [-0.05, 0) is 67.6 Å². The molecule has 2 N–H and O–H groups in total. The molecule has 0 aliphatic carbocycles. The van der Waals surface area contributed by atoms with Gasteiger partial charge in [0.05, 0.1) is 6.16 Å². The molecule has 0 aliphatic heterocycles. The Morgan fingerprint density at radius 3 is 1.17 bits per heavy atom. The summed E-state index contributed by atoms with van der Waals surface area (Å²) in [4.78, 5) is 12.4. The third kappa shape index (κ3) is 9.15. The Balaban J connectivity index is 1.67. The fraction of sp³-hybridized carbons (Fsp3) is 0.118. The summed E-state index contributed by atoms with van der Waals surface area (Å²) in [5, 5.41) is 9.52. The van der Waals surface area contributed by atoms with Crippen LogP contribution in [0.25, 0.3) is 0 Å². The predicted octanol–water partition coefficient (Wildman–Crippen LogP) is 11.3. The van der Waals surface area contributed by atoms with Gasteiger partial charge >= 0.3 is 22.7 Å². The van der Waals surface area contributed by atoms with Crippen molar-refractivity contribution in [3.05, 3.63) is 152 Å². The van der Waals surface area contributed by atoms with Gasteiger partial charge in [-0.25, -0.2) is 9.91 Å². The van der Waals surface area contributed by atoms with Crippen LogP contribution in [0, 0.1) is 5.16 Å². The van der Waals surface area contributed by atoms with E-state index < -0.39 is 28.5 Å². The molecule has 0 heterocycles. The minimum atomic E-state index is -4.17. The molecule has 0 aromatic heterocycles. The summed E-state index contributed by atoms with van der Waals surface area (Å²) >= 11 is 0. The summed E-state index contributed by atoms with van der Waals surface area (Å²) in [5.74, 6) is 1.20. The van der Waals surface area contributed by atoms with Crippen molar-refractivity contribution >= 4 is 22.7 Å². The van der Waals surface area contributed by atoms with Gasteiger partial charge in [0, 0.05) is 0 Å². The van der Waals surface area contributed by atoms with Gasteiger partial charge in [-0.2, -0.15) is 0 Å². The average molecular weight is 676 g/mol. The SMILES string of the molecule is CCP(=NP(O)(=NC(C)P(=N)(Oc1ccccc1)Oc1ccccc1)Oc1ccccc1)(Oc1ccccc1)Oc1ccccc1. The van der Waals surface area contributed by atoms with E-state index in [2.05, 4.69) is 0 Å². The van der Waals surface area contributed by atoms with Gasteiger partial charge in [-0.3, -0.25) is 0 Å². The molecule has 9 nitrogen and oxygen atoms in total. The standard InChI is InChI=1S/C34H36N3O6P3/c1-3-44(39-30-19-9-4-10-20-30,40-31-21-11-5-12-22-31)37-46(38,43-34-27-17-8-18-28-34)36-29(2)45(35,41-32-23-13-6-14-24-32)42-33-25-15-7-16-26-33/h4-29,35,38H,3H2,1-2H3. The second-order valence-corrected chi connectivity index (χ2v) is 16.7. The van der Waals surface area contributed by atoms with E-state index in [0.717, 1.165) is 0 Å². The van der Waals surface area contributed by atoms with Gasteiger partial charge in [-0.1, -0.05) is 97.9 Å². The predicted molar refractivity (Wildman–Crippen MR) is 186 cm³/mol. The fourth-order valence-corrected chi connectivity index (χ4v) is 10.9. The summed E-state index contributed by atoms with van der Waals surface area (Å²) in [6.45, 7) is 3.53. The van der Waals surface area contributed by atoms with Crippen molar-refractivity contribution < 1.29 is 27.5 Å². The van der Waals surface area contributed by atoms with Crippen molar-refractivity contribution in [2.75, 3.05) is 6.16 Å². The summed E-state index contributed by atoms with van der Waals surface area (Å²) in [6, 6.07) is 45.0. The molecule has 0 spiro atoms. The zero-order valence-electron chi connectivity index (χ0n) is 25.4. The largest absolute Gasteiger partial charge is 0.430 e. The molecule has 46 heavy (non-hydrogen) atoms. The molecule has 0 fully saturated rings. The lowest BCUT2D eigenvalue weighted by Gasteiger charge is -2.29. The second-order valence-electron chi connectivity index (χ2n) is 9.92. The number of benzene rings is 5. The molecule has 5 rings (SSSR count). The van der Waals surface area contributed by atoms with Crippen LogP contribution in [0.1, 0.15) is 13.8 Å². The van der Waals surface area contributed by atoms with Gasteiger partial charge < -0.3 is 27.5 Å². The van der Waals surface area contributed by atoms with Crippen LogP contribution in [0.4, 0.5) is 0 Å². The number of nitrogens with zero attached hydrogens (tertiary/aromatic N) is 2. The Morgan fingerprint density at radius 2 is 0.848 bits per heavy atom. The molecule has 0 bridgehead atoms. The van der Waals surface area contributed by atoms with E-state index in [1.54, 1.807) is 79.7 Å². The minimum Gasteiger partial charge on any atom is -0.430 e. The maximum atomic E-state index is 12.4. The topological polar surface area (TPSA) is 115 Å². The molecular weight excluding hydrogens is 639 g/mol. The first-order valence-electron chi connectivity index (χ1n) is 14.6. The van der Waals surface area contributed by atoms with Crippen LogP contribution >= 0.6 is 22.7 Å². The monoisotopic (exact) mass is 675 g/mol. The number of nitrogens with one attached hydrogen (secondary N) is 1. The molecule has 12 heteroatoms. The summed E-state index contributed by atoms with van der Waals surface area (Å²) in [7, 11) is -11.2. The highest BCUT2D eigenvalue weighted by molar-refractivity contribution is 7.68. The highest BCUT2D eigenvalue weighted by Crippen LogP contribution is 2.65. The normalized spacial score (nSPS) is 13.4. The van der Waals surface area contributed by atoms with Crippen LogP contribution in [0.3, 0.4) is 0 Å². The van der Waals surface area contributed by atoms with Crippen molar-refractivity contribution in [3.63, 3.8) is 0 Å². The van der Waals surface area contributed by atoms with Crippen LogP contribution < -0.4 is 22.6 Å². The van der Waals surface area contributed by atoms with Crippen molar-refractivity contribution in [2.45, 2.75) is 19.6 Å². The first-order chi connectivity index (χ1) is 22.3. The molecule has 238 valence electrons. The Kier molecular flexibility index (Phi) is 11.1. The van der Waals surface area contributed by atoms with Gasteiger partial charge in [0.1, 0.15) is 28.7 Å². The highest BCUT2D eigenvalue weighted by Gasteiger charge is 2.37. The van der Waals surface area contributed by atoms with Crippen LogP contribution in [-0.2, 0) is 0 Å². The molecule has 5 aromatic rings. The van der Waals surface area contributed by atoms with Crippen LogP contribution in [-0.4, -0.2) is 16.8 Å². The zero-order chi connectivity index (χ0) is 32.3. The molecular formula is C34H36N3O6P3. The van der Waals surface area contributed by atoms with E-state index in [1.807, 2.05) is 85.8 Å². The molecule has 5 aromatic carbocycles. The van der Waals surface area contributed by atoms with E-state index in [9.17, 15) is 10.1 Å². The van der Waals surface area contributed by atoms with Gasteiger partial charge in [0.25, 0.3) is 0 Å². The Hall–Kier alpha value is -4.25. The maximum absolute atomic E-state index is 12.4. The summed E-state index contributed by atoms with van der Waals surface area (Å²) in [6.07, 6.45) is 0.281. The average Bonchev–Trinajstić information content (AvgIpc) is 3.07. The second kappa shape index (κ2) is 15.4. The van der Waals surface area contributed by atoms with Crippen LogP contribution in [0.5, 0.6) is 28.7 Å². The molecule has 2 unspecified atom stereocenters. The molecule has 0 radical (unpaired) electrons. The maximum Gasteiger partial charge on any atom is 0.392 e. The van der Waals surface area contributed by atoms with Crippen molar-refractivity contribution in [1.82, 2.24) is 0 Å². The van der Waals surface area contributed by atoms with E-state index in [0.29, 0.717) is 28.7 Å². The molecule has 0 saturated carbocycles. The van der Waals surface area contributed by atoms with E-state index in [4.69, 9.17) is 31.9 Å². The zero-order valence-corrected chi connectivity index (χ0v) is 28.1. The molecule has 0 aliphatic rings. The summed E-state index contributed by atoms with van der Waals surface area (Å²) < 4.78 is 41.3. The third-order valence-corrected chi connectivity index (χ3v) is 13.5. The molecule has 2 atom stereocenters. The lowest BCUT2D eigenvalue weighted by molar-refractivity contribution is 0.443. The Morgan fingerprint density at radius 1 is 0.543 bits per heavy atom. The van der Waals surface area contributed by atoms with Gasteiger partial charge in [-0.15, -0.1) is 4.52 Å². The number of hydrogen-bond acceptors (Lipinski definition) is 7. The van der Waals surface area contributed by atoms with Gasteiger partial charge in [0.15, 0.2) is 5.78 Å². The lowest BCUT2D eigenvalue weighted by Crippen LogP contribution is -2.12. The van der Waals surface area contributed by atoms with Crippen molar-refractivity contribution in [3.8, 4) is 28.7 Å². The number of rotatable bonds is 14. The number of para-hydroxylation sites is 5. The summed E-state index contributed by atoms with van der Waals surface area (Å²) in [5.41, 5.74) is 0. The van der Waals surface area contributed by atoms with Crippen LogP contribution in [0.2, 0.25) is 0 Å².